The summed E-state index contributed by atoms with van der Waals surface area (Å²) in [5.41, 5.74) is 4.76. The summed E-state index contributed by atoms with van der Waals surface area (Å²) in [6.45, 7) is 7.92. The molecule has 1 aliphatic rings. The summed E-state index contributed by atoms with van der Waals surface area (Å²) in [5.74, 6) is -0.109. The molecule has 172 valence electrons. The molecule has 2 amide bonds. The molecular formula is C26H30N4O2S. The van der Waals surface area contributed by atoms with Crippen LogP contribution in [0.5, 0.6) is 0 Å². The number of hydrogen-bond donors (Lipinski definition) is 4. The van der Waals surface area contributed by atoms with E-state index in [-0.39, 0.29) is 17.9 Å². The van der Waals surface area contributed by atoms with E-state index < -0.39 is 0 Å². The second-order valence-electron chi connectivity index (χ2n) is 8.53. The minimum atomic E-state index is -0.136. The molecule has 0 spiro atoms. The van der Waals surface area contributed by atoms with Gasteiger partial charge in [-0.25, -0.2) is 0 Å². The standard InChI is InChI=1S/C26H30N4O2S/c1-16-7-8-21(30-22-13-27-14-22)12-24(16)26(32)29-17(2)19-5-4-6-20(11-19)25-10-9-23(33-25)15-28-18(3)31/h4-12,17,22,27,30H,13-15H2,1-3H3,(H,28,31)(H,29,32)/t17-/m1/s1. The van der Waals surface area contributed by atoms with E-state index in [4.69, 9.17) is 0 Å². The molecule has 0 aliphatic carbocycles. The maximum atomic E-state index is 13.1. The molecule has 0 saturated carbocycles. The Labute approximate surface area is 198 Å². The van der Waals surface area contributed by atoms with Crippen LogP contribution < -0.4 is 21.3 Å². The molecule has 1 saturated heterocycles. The van der Waals surface area contributed by atoms with Crippen LogP contribution in [0.2, 0.25) is 0 Å². The third-order valence-corrected chi connectivity index (χ3v) is 6.96. The van der Waals surface area contributed by atoms with Gasteiger partial charge in [0.15, 0.2) is 0 Å². The van der Waals surface area contributed by atoms with E-state index in [1.54, 1.807) is 11.3 Å². The Morgan fingerprint density at radius 3 is 2.67 bits per heavy atom. The van der Waals surface area contributed by atoms with Crippen molar-refractivity contribution in [3.05, 3.63) is 76.2 Å². The van der Waals surface area contributed by atoms with Gasteiger partial charge in [-0.2, -0.15) is 0 Å². The van der Waals surface area contributed by atoms with E-state index in [0.717, 1.165) is 45.2 Å². The Balaban J connectivity index is 1.44. The summed E-state index contributed by atoms with van der Waals surface area (Å²) < 4.78 is 0. The molecule has 3 aromatic rings. The molecule has 1 fully saturated rings. The number of hydrogen-bond acceptors (Lipinski definition) is 5. The van der Waals surface area contributed by atoms with Crippen molar-refractivity contribution in [3.63, 3.8) is 0 Å². The van der Waals surface area contributed by atoms with Crippen molar-refractivity contribution in [3.8, 4) is 10.4 Å². The van der Waals surface area contributed by atoms with Gasteiger partial charge in [-0.15, -0.1) is 11.3 Å². The van der Waals surface area contributed by atoms with Crippen molar-refractivity contribution in [2.45, 2.75) is 39.4 Å². The van der Waals surface area contributed by atoms with Gasteiger partial charge in [-0.1, -0.05) is 24.3 Å². The number of carbonyl (C=O) groups excluding carboxylic acids is 2. The van der Waals surface area contributed by atoms with Gasteiger partial charge in [0, 0.05) is 41.0 Å². The number of carbonyl (C=O) groups is 2. The zero-order chi connectivity index (χ0) is 23.4. The van der Waals surface area contributed by atoms with Crippen molar-refractivity contribution in [2.24, 2.45) is 0 Å². The summed E-state index contributed by atoms with van der Waals surface area (Å²) in [6, 6.07) is 18.6. The predicted octanol–water partition coefficient (Wildman–Crippen LogP) is 4.23. The molecule has 2 heterocycles. The van der Waals surface area contributed by atoms with Crippen molar-refractivity contribution in [1.82, 2.24) is 16.0 Å². The minimum absolute atomic E-state index is 0.0342. The van der Waals surface area contributed by atoms with Crippen LogP contribution >= 0.6 is 11.3 Å². The predicted molar refractivity (Wildman–Crippen MR) is 135 cm³/mol. The molecule has 7 heteroatoms. The van der Waals surface area contributed by atoms with Gasteiger partial charge in [0.05, 0.1) is 18.6 Å². The first-order chi connectivity index (χ1) is 15.9. The van der Waals surface area contributed by atoms with Crippen LogP contribution in [-0.2, 0) is 11.3 Å². The molecule has 4 N–H and O–H groups in total. The highest BCUT2D eigenvalue weighted by molar-refractivity contribution is 7.15. The molecular weight excluding hydrogens is 432 g/mol. The Bertz CT molecular complexity index is 1150. The van der Waals surface area contributed by atoms with E-state index in [9.17, 15) is 9.59 Å². The van der Waals surface area contributed by atoms with E-state index >= 15 is 0 Å². The Hall–Kier alpha value is -3.16. The zero-order valence-electron chi connectivity index (χ0n) is 19.2. The second-order valence-corrected chi connectivity index (χ2v) is 9.69. The zero-order valence-corrected chi connectivity index (χ0v) is 20.0. The molecule has 1 aromatic heterocycles. The lowest BCUT2D eigenvalue weighted by atomic mass is 10.0. The van der Waals surface area contributed by atoms with E-state index in [1.165, 1.54) is 6.92 Å². The number of nitrogens with one attached hydrogen (secondary N) is 4. The van der Waals surface area contributed by atoms with Crippen LogP contribution in [-0.4, -0.2) is 30.9 Å². The van der Waals surface area contributed by atoms with Crippen LogP contribution in [0.15, 0.2) is 54.6 Å². The van der Waals surface area contributed by atoms with Crippen LogP contribution in [0.3, 0.4) is 0 Å². The van der Waals surface area contributed by atoms with E-state index in [1.807, 2.05) is 50.2 Å². The van der Waals surface area contributed by atoms with Gasteiger partial charge in [-0.3, -0.25) is 9.59 Å². The number of thiophene rings is 1. The lowest BCUT2D eigenvalue weighted by Crippen LogP contribution is -2.51. The minimum Gasteiger partial charge on any atom is -0.380 e. The number of rotatable bonds is 8. The van der Waals surface area contributed by atoms with Crippen molar-refractivity contribution in [2.75, 3.05) is 18.4 Å². The third-order valence-electron chi connectivity index (χ3n) is 5.83. The quantitative estimate of drug-likeness (QED) is 0.404. The van der Waals surface area contributed by atoms with Crippen LogP contribution in [0.25, 0.3) is 10.4 Å². The van der Waals surface area contributed by atoms with Gasteiger partial charge < -0.3 is 21.3 Å². The number of amides is 2. The Morgan fingerprint density at radius 2 is 1.94 bits per heavy atom. The SMILES string of the molecule is CC(=O)NCc1ccc(-c2cccc([C@@H](C)NC(=O)c3cc(NC4CNC4)ccc3C)c2)s1. The van der Waals surface area contributed by atoms with Crippen molar-refractivity contribution >= 4 is 28.8 Å². The molecule has 0 bridgehead atoms. The maximum absolute atomic E-state index is 13.1. The molecule has 1 aliphatic heterocycles. The fraction of sp³-hybridized carbons (Fsp3) is 0.308. The highest BCUT2D eigenvalue weighted by Gasteiger charge is 2.18. The third kappa shape index (κ3) is 5.80. The van der Waals surface area contributed by atoms with Gasteiger partial charge in [0.1, 0.15) is 0 Å². The van der Waals surface area contributed by atoms with Gasteiger partial charge in [0.2, 0.25) is 5.91 Å². The highest BCUT2D eigenvalue weighted by Crippen LogP contribution is 2.30. The van der Waals surface area contributed by atoms with Gasteiger partial charge in [0.25, 0.3) is 5.91 Å². The first kappa shape index (κ1) is 23.0. The molecule has 33 heavy (non-hydrogen) atoms. The number of aryl methyl sites for hydroxylation is 1. The van der Waals surface area contributed by atoms with Crippen molar-refractivity contribution in [1.29, 1.82) is 0 Å². The number of anilines is 1. The first-order valence-electron chi connectivity index (χ1n) is 11.2. The summed E-state index contributed by atoms with van der Waals surface area (Å²) in [7, 11) is 0. The van der Waals surface area contributed by atoms with Crippen LogP contribution in [0.1, 0.15) is 46.3 Å². The van der Waals surface area contributed by atoms with E-state index in [2.05, 4.69) is 39.5 Å². The first-order valence-corrected chi connectivity index (χ1v) is 12.0. The smallest absolute Gasteiger partial charge is 0.252 e. The normalized spacial score (nSPS) is 14.3. The maximum Gasteiger partial charge on any atom is 0.252 e. The molecule has 1 atom stereocenters. The molecule has 0 unspecified atom stereocenters. The largest absolute Gasteiger partial charge is 0.380 e. The second kappa shape index (κ2) is 10.2. The van der Waals surface area contributed by atoms with E-state index in [0.29, 0.717) is 18.2 Å². The lowest BCUT2D eigenvalue weighted by molar-refractivity contribution is -0.119. The number of benzene rings is 2. The van der Waals surface area contributed by atoms with Gasteiger partial charge in [-0.05, 0) is 60.9 Å². The Kier molecular flexibility index (Phi) is 7.11. The molecule has 0 radical (unpaired) electrons. The summed E-state index contributed by atoms with van der Waals surface area (Å²) in [6.07, 6.45) is 0. The fourth-order valence-electron chi connectivity index (χ4n) is 3.74. The summed E-state index contributed by atoms with van der Waals surface area (Å²) in [4.78, 5) is 26.5. The lowest BCUT2D eigenvalue weighted by Gasteiger charge is -2.29. The monoisotopic (exact) mass is 462 g/mol. The fourth-order valence-corrected chi connectivity index (χ4v) is 4.69. The van der Waals surface area contributed by atoms with Gasteiger partial charge >= 0.3 is 0 Å². The Morgan fingerprint density at radius 1 is 1.12 bits per heavy atom. The van der Waals surface area contributed by atoms with Crippen molar-refractivity contribution < 1.29 is 9.59 Å². The molecule has 6 nitrogen and oxygen atoms in total. The van der Waals surface area contributed by atoms with Crippen LogP contribution in [0.4, 0.5) is 5.69 Å². The summed E-state index contributed by atoms with van der Waals surface area (Å²) in [5, 5.41) is 12.7. The highest BCUT2D eigenvalue weighted by atomic mass is 32.1. The average Bonchev–Trinajstić information content (AvgIpc) is 3.25. The van der Waals surface area contributed by atoms with Crippen LogP contribution in [0, 0.1) is 6.92 Å². The summed E-state index contributed by atoms with van der Waals surface area (Å²) >= 11 is 1.66. The molecule has 4 rings (SSSR count). The topological polar surface area (TPSA) is 82.3 Å². The average molecular weight is 463 g/mol. The molecule has 2 aromatic carbocycles.